The van der Waals surface area contributed by atoms with Crippen LogP contribution in [-0.4, -0.2) is 41.4 Å². The summed E-state index contributed by atoms with van der Waals surface area (Å²) < 4.78 is 16.2. The first-order chi connectivity index (χ1) is 17.0. The molecule has 0 aliphatic heterocycles. The van der Waals surface area contributed by atoms with E-state index in [1.165, 1.54) is 6.26 Å². The fourth-order valence-electron chi connectivity index (χ4n) is 3.62. The van der Waals surface area contributed by atoms with Crippen molar-refractivity contribution < 1.29 is 23.9 Å². The van der Waals surface area contributed by atoms with Crippen LogP contribution in [0.1, 0.15) is 33.2 Å². The van der Waals surface area contributed by atoms with Crippen molar-refractivity contribution in [2.75, 3.05) is 25.6 Å². The van der Waals surface area contributed by atoms with E-state index in [1.807, 2.05) is 50.2 Å². The molecule has 0 saturated carbocycles. The summed E-state index contributed by atoms with van der Waals surface area (Å²) in [6.45, 7) is 3.90. The van der Waals surface area contributed by atoms with Crippen molar-refractivity contribution in [3.63, 3.8) is 0 Å². The number of Topliss-reactive ketones (excluding diaryl/α,β-unsaturated/α-hetero) is 1. The number of benzene rings is 2. The van der Waals surface area contributed by atoms with Crippen molar-refractivity contribution >= 4 is 11.5 Å². The van der Waals surface area contributed by atoms with Crippen LogP contribution in [0.4, 0.5) is 5.69 Å². The van der Waals surface area contributed by atoms with Crippen LogP contribution in [0.15, 0.2) is 71.6 Å². The maximum Gasteiger partial charge on any atom is 0.195 e. The van der Waals surface area contributed by atoms with Crippen molar-refractivity contribution in [2.24, 2.45) is 0 Å². The lowest BCUT2D eigenvalue weighted by molar-refractivity contribution is 0.0969. The van der Waals surface area contributed by atoms with E-state index >= 15 is 0 Å². The van der Waals surface area contributed by atoms with Crippen LogP contribution in [0.2, 0.25) is 0 Å². The molecule has 2 heterocycles. The van der Waals surface area contributed by atoms with Gasteiger partial charge in [-0.25, -0.2) is 0 Å². The summed E-state index contributed by atoms with van der Waals surface area (Å²) in [7, 11) is 1.55. The van der Waals surface area contributed by atoms with E-state index in [0.717, 1.165) is 16.8 Å². The predicted octanol–water partition coefficient (Wildman–Crippen LogP) is 4.77. The zero-order valence-electron chi connectivity index (χ0n) is 19.8. The quantitative estimate of drug-likeness (QED) is 0.317. The highest BCUT2D eigenvalue weighted by atomic mass is 16.5. The van der Waals surface area contributed by atoms with Crippen LogP contribution < -0.4 is 14.8 Å². The fourth-order valence-corrected chi connectivity index (χ4v) is 3.62. The molecule has 0 aliphatic carbocycles. The number of hydrogen-bond acceptors (Lipinski definition) is 8. The van der Waals surface area contributed by atoms with Crippen LogP contribution in [0.5, 0.6) is 11.5 Å². The molecule has 1 unspecified atom stereocenters. The van der Waals surface area contributed by atoms with Gasteiger partial charge < -0.3 is 24.4 Å². The summed E-state index contributed by atoms with van der Waals surface area (Å²) in [5.41, 5.74) is 4.83. The number of methoxy groups -OCH3 is 1. The highest BCUT2D eigenvalue weighted by Gasteiger charge is 2.28. The number of anilines is 1. The largest absolute Gasteiger partial charge is 0.497 e. The Morgan fingerprint density at radius 1 is 1.09 bits per heavy atom. The van der Waals surface area contributed by atoms with E-state index in [4.69, 9.17) is 19.1 Å². The highest BCUT2D eigenvalue weighted by molar-refractivity contribution is 6.06. The number of ether oxygens (including phenoxy) is 2. The van der Waals surface area contributed by atoms with Gasteiger partial charge in [0.2, 0.25) is 0 Å². The first-order valence-electron chi connectivity index (χ1n) is 11.2. The number of aliphatic hydroxyl groups excluding tert-OH is 1. The van der Waals surface area contributed by atoms with E-state index in [1.54, 1.807) is 31.5 Å². The van der Waals surface area contributed by atoms with Gasteiger partial charge in [-0.1, -0.05) is 41.1 Å². The molecule has 0 fully saturated rings. The molecule has 1 atom stereocenters. The van der Waals surface area contributed by atoms with Crippen LogP contribution in [0.3, 0.4) is 0 Å². The number of nitrogens with zero attached hydrogens (tertiary/aromatic N) is 2. The maximum absolute atomic E-state index is 13.9. The average molecular weight is 474 g/mol. The minimum Gasteiger partial charge on any atom is -0.497 e. The highest BCUT2D eigenvalue weighted by Crippen LogP contribution is 2.32. The summed E-state index contributed by atoms with van der Waals surface area (Å²) >= 11 is 0. The summed E-state index contributed by atoms with van der Waals surface area (Å²) in [4.78, 5) is 18.3. The molecule has 0 aliphatic rings. The molecule has 0 bridgehead atoms. The first-order valence-corrected chi connectivity index (χ1v) is 11.2. The fraction of sp³-hybridized carbons (Fsp3) is 0.222. The Hall–Kier alpha value is -4.17. The topological polar surface area (TPSA) is 107 Å². The van der Waals surface area contributed by atoms with Gasteiger partial charge in [-0.2, -0.15) is 0 Å². The molecule has 0 amide bonds. The molecule has 4 rings (SSSR count). The SMILES string of the molecule is COc1cc(NC(C(=O)c2conc2-c2ccc(C)cc2)c2ccc(C)nc2)cc(OCCO)c1. The molecule has 180 valence electrons. The molecule has 0 spiro atoms. The molecular weight excluding hydrogens is 446 g/mol. The summed E-state index contributed by atoms with van der Waals surface area (Å²) in [5, 5.41) is 16.5. The Morgan fingerprint density at radius 2 is 1.86 bits per heavy atom. The average Bonchev–Trinajstić information content (AvgIpc) is 3.36. The van der Waals surface area contributed by atoms with Crippen LogP contribution >= 0.6 is 0 Å². The van der Waals surface area contributed by atoms with Crippen molar-refractivity contribution in [3.8, 4) is 22.8 Å². The Balaban J connectivity index is 1.73. The van der Waals surface area contributed by atoms with Gasteiger partial charge in [-0.15, -0.1) is 0 Å². The number of pyridine rings is 1. The number of carbonyl (C=O) groups excluding carboxylic acids is 1. The van der Waals surface area contributed by atoms with E-state index in [9.17, 15) is 4.79 Å². The summed E-state index contributed by atoms with van der Waals surface area (Å²) in [6.07, 6.45) is 3.04. The lowest BCUT2D eigenvalue weighted by atomic mass is 9.96. The van der Waals surface area contributed by atoms with Gasteiger partial charge in [-0.3, -0.25) is 9.78 Å². The summed E-state index contributed by atoms with van der Waals surface area (Å²) in [5.74, 6) is 0.814. The number of hydrogen-bond donors (Lipinski definition) is 2. The van der Waals surface area contributed by atoms with Crippen LogP contribution in [-0.2, 0) is 0 Å². The molecule has 0 radical (unpaired) electrons. The Kier molecular flexibility index (Phi) is 7.42. The molecule has 2 aromatic heterocycles. The van der Waals surface area contributed by atoms with Crippen LogP contribution in [0.25, 0.3) is 11.3 Å². The number of rotatable bonds is 10. The Bertz CT molecular complexity index is 1280. The van der Waals surface area contributed by atoms with E-state index in [-0.39, 0.29) is 19.0 Å². The zero-order valence-corrected chi connectivity index (χ0v) is 19.8. The minimum atomic E-state index is -0.788. The second kappa shape index (κ2) is 10.8. The maximum atomic E-state index is 13.9. The van der Waals surface area contributed by atoms with Gasteiger partial charge in [0.1, 0.15) is 36.1 Å². The molecule has 2 aromatic carbocycles. The normalized spacial score (nSPS) is 11.7. The number of aromatic nitrogens is 2. The standard InChI is InChI=1S/C27H27N3O5/c1-17-4-7-19(8-5-17)25-24(16-35-30-25)27(32)26(20-9-6-18(2)28-15-20)29-21-12-22(33-3)14-23(13-21)34-11-10-31/h4-9,12-16,26,29,31H,10-11H2,1-3H3. The molecule has 8 heteroatoms. The van der Waals surface area contributed by atoms with Gasteiger partial charge in [0.15, 0.2) is 5.78 Å². The van der Waals surface area contributed by atoms with Gasteiger partial charge in [0, 0.05) is 46.9 Å². The molecule has 4 aromatic rings. The monoisotopic (exact) mass is 473 g/mol. The van der Waals surface area contributed by atoms with Gasteiger partial charge >= 0.3 is 0 Å². The Labute approximate surface area is 203 Å². The van der Waals surface area contributed by atoms with Crippen molar-refractivity contribution in [1.29, 1.82) is 0 Å². The minimum absolute atomic E-state index is 0.120. The first kappa shape index (κ1) is 24.0. The van der Waals surface area contributed by atoms with E-state index in [2.05, 4.69) is 15.5 Å². The number of ketones is 1. The third-order valence-electron chi connectivity index (χ3n) is 5.48. The van der Waals surface area contributed by atoms with E-state index < -0.39 is 6.04 Å². The third kappa shape index (κ3) is 5.67. The molecule has 8 nitrogen and oxygen atoms in total. The molecule has 35 heavy (non-hydrogen) atoms. The van der Waals surface area contributed by atoms with Crippen molar-refractivity contribution in [3.05, 3.63) is 89.4 Å². The Morgan fingerprint density at radius 3 is 2.54 bits per heavy atom. The zero-order chi connectivity index (χ0) is 24.8. The lowest BCUT2D eigenvalue weighted by Crippen LogP contribution is -2.22. The smallest absolute Gasteiger partial charge is 0.195 e. The van der Waals surface area contributed by atoms with Crippen molar-refractivity contribution in [2.45, 2.75) is 19.9 Å². The number of carbonyl (C=O) groups is 1. The van der Waals surface area contributed by atoms with Gasteiger partial charge in [0.25, 0.3) is 0 Å². The van der Waals surface area contributed by atoms with E-state index in [0.29, 0.717) is 34.0 Å². The third-order valence-corrected chi connectivity index (χ3v) is 5.48. The number of nitrogens with one attached hydrogen (secondary N) is 1. The molecule has 0 saturated heterocycles. The molecule has 2 N–H and O–H groups in total. The van der Waals surface area contributed by atoms with Crippen LogP contribution in [0, 0.1) is 13.8 Å². The van der Waals surface area contributed by atoms with Gasteiger partial charge in [-0.05, 0) is 19.9 Å². The molecular formula is C27H27N3O5. The van der Waals surface area contributed by atoms with Crippen molar-refractivity contribution in [1.82, 2.24) is 10.1 Å². The summed E-state index contributed by atoms with van der Waals surface area (Å²) in [6, 6.07) is 15.9. The number of aliphatic hydroxyl groups is 1. The number of aryl methyl sites for hydroxylation is 2. The second-order valence-corrected chi connectivity index (χ2v) is 8.09. The lowest BCUT2D eigenvalue weighted by Gasteiger charge is -2.20. The van der Waals surface area contributed by atoms with Gasteiger partial charge in [0.05, 0.1) is 19.3 Å². The second-order valence-electron chi connectivity index (χ2n) is 8.09. The predicted molar refractivity (Wildman–Crippen MR) is 132 cm³/mol.